The molecule has 0 radical (unpaired) electrons. The second-order valence-electron chi connectivity index (χ2n) is 4.49. The van der Waals surface area contributed by atoms with E-state index in [0.29, 0.717) is 4.90 Å². The molecule has 1 saturated heterocycles. The summed E-state index contributed by atoms with van der Waals surface area (Å²) in [6.07, 6.45) is -4.66. The molecule has 1 aliphatic heterocycles. The number of nitriles is 1. The number of aromatic amines is 1. The fourth-order valence-corrected chi connectivity index (χ4v) is 1.97. The van der Waals surface area contributed by atoms with Crippen molar-refractivity contribution in [2.24, 2.45) is 5.89 Å². The number of aromatic nitrogens is 3. The molecule has 0 bridgehead atoms. The molecule has 1 aliphatic rings. The van der Waals surface area contributed by atoms with E-state index in [4.69, 9.17) is 23.1 Å². The van der Waals surface area contributed by atoms with E-state index < -0.39 is 68.5 Å². The van der Waals surface area contributed by atoms with Gasteiger partial charge in [-0.25, -0.2) is 9.97 Å². The Balaban J connectivity index is 2.50. The molecule has 7 heteroatoms. The van der Waals surface area contributed by atoms with Crippen LogP contribution in [0.25, 0.3) is 11.0 Å². The summed E-state index contributed by atoms with van der Waals surface area (Å²) in [5.41, 5.74) is -0.137. The van der Waals surface area contributed by atoms with Gasteiger partial charge < -0.3 is 14.8 Å². The average Bonchev–Trinajstić information content (AvgIpc) is 3.03. The second kappa shape index (κ2) is 6.24. The number of likely N-dealkylation sites (N-methyl/N-ethyl adjacent to an activating group) is 1. The number of likely N-dealkylation sites (tertiary alicyclic amines) is 1. The van der Waals surface area contributed by atoms with Crippen LogP contribution in [-0.4, -0.2) is 51.8 Å². The SMILES string of the molecule is [2H]c1[nH]c2ncnc(N(C)[C@@]3([2H])C([2H])([2H])N(C(=O)CC#N)C([2H])([2H])C([2H])([2H])[C@@]3([2H])C([2H])([2H])[2H])c2c1[2H]. The number of carbonyl (C=O) groups is 1. The number of hydrogen-bond donors (Lipinski definition) is 1. The number of fused-ring (bicyclic) bond motifs is 1. The van der Waals surface area contributed by atoms with Gasteiger partial charge in [-0.2, -0.15) is 5.26 Å². The summed E-state index contributed by atoms with van der Waals surface area (Å²) >= 11 is 0. The van der Waals surface area contributed by atoms with Gasteiger partial charge in [-0.15, -0.1) is 0 Å². The van der Waals surface area contributed by atoms with Crippen molar-refractivity contribution in [3.05, 3.63) is 18.5 Å². The maximum absolute atomic E-state index is 12.8. The lowest BCUT2D eigenvalue weighted by atomic mass is 9.92. The monoisotopic (exact) mass is 325 g/mol. The Morgan fingerprint density at radius 3 is 3.43 bits per heavy atom. The van der Waals surface area contributed by atoms with Crippen LogP contribution in [0.3, 0.4) is 0 Å². The lowest BCUT2D eigenvalue weighted by Gasteiger charge is -2.42. The van der Waals surface area contributed by atoms with Crippen molar-refractivity contribution < 1.29 is 22.6 Å². The topological polar surface area (TPSA) is 88.9 Å². The van der Waals surface area contributed by atoms with Crippen LogP contribution >= 0.6 is 0 Å². The number of amides is 1. The molecule has 2 atom stereocenters. The molecule has 1 amide bonds. The highest BCUT2D eigenvalue weighted by molar-refractivity contribution is 5.87. The fourth-order valence-electron chi connectivity index (χ4n) is 1.97. The van der Waals surface area contributed by atoms with Crippen LogP contribution in [0.1, 0.15) is 37.5 Å². The molecule has 120 valence electrons. The number of carbonyl (C=O) groups excluding carboxylic acids is 1. The molecule has 0 unspecified atom stereocenters. The number of rotatable bonds is 3. The Bertz CT molecular complexity index is 1270. The van der Waals surface area contributed by atoms with Crippen molar-refractivity contribution in [3.63, 3.8) is 0 Å². The summed E-state index contributed by atoms with van der Waals surface area (Å²) in [6, 6.07) is -2.83. The quantitative estimate of drug-likeness (QED) is 0.925. The minimum Gasteiger partial charge on any atom is -0.354 e. The Hall–Kier alpha value is -2.62. The molecule has 7 nitrogen and oxygen atoms in total. The van der Waals surface area contributed by atoms with Gasteiger partial charge in [-0.3, -0.25) is 4.79 Å². The predicted molar refractivity (Wildman–Crippen MR) is 86.7 cm³/mol. The number of H-pyrrole nitrogens is 1. The van der Waals surface area contributed by atoms with Gasteiger partial charge in [0.2, 0.25) is 5.91 Å². The normalized spacial score (nSPS) is 43.0. The molecular weight excluding hydrogens is 292 g/mol. The Kier molecular flexibility index (Phi) is 1.66. The Labute approximate surface area is 153 Å². The lowest BCUT2D eigenvalue weighted by molar-refractivity contribution is -0.131. The van der Waals surface area contributed by atoms with Gasteiger partial charge >= 0.3 is 0 Å². The van der Waals surface area contributed by atoms with Crippen molar-refractivity contribution >= 4 is 22.8 Å². The molecule has 0 spiro atoms. The summed E-state index contributed by atoms with van der Waals surface area (Å²) in [5.74, 6) is -6.08. The summed E-state index contributed by atoms with van der Waals surface area (Å²) in [7, 11) is 0.877. The van der Waals surface area contributed by atoms with Crippen LogP contribution in [-0.2, 0) is 4.79 Å². The molecule has 0 aliphatic carbocycles. The summed E-state index contributed by atoms with van der Waals surface area (Å²) < 4.78 is 109. The summed E-state index contributed by atoms with van der Waals surface area (Å²) in [4.78, 5) is 23.0. The predicted octanol–water partition coefficient (Wildman–Crippen LogP) is 1.54. The first-order valence-corrected chi connectivity index (χ1v) is 6.41. The smallest absolute Gasteiger partial charge is 0.236 e. The van der Waals surface area contributed by atoms with Crippen LogP contribution in [0, 0.1) is 17.2 Å². The van der Waals surface area contributed by atoms with Crippen LogP contribution in [0.4, 0.5) is 5.82 Å². The van der Waals surface area contributed by atoms with Crippen LogP contribution in [0.2, 0.25) is 0 Å². The van der Waals surface area contributed by atoms with Gasteiger partial charge in [0.05, 0.1) is 24.3 Å². The first-order chi connectivity index (χ1) is 16.2. The van der Waals surface area contributed by atoms with Crippen LogP contribution < -0.4 is 4.90 Å². The molecule has 0 saturated carbocycles. The molecule has 3 rings (SSSR count). The zero-order valence-electron chi connectivity index (χ0n) is 24.9. The second-order valence-corrected chi connectivity index (χ2v) is 4.49. The minimum absolute atomic E-state index is 0.137. The number of nitrogens with one attached hydrogen (secondary N) is 1. The molecular formula is C16H20N6O. The van der Waals surface area contributed by atoms with Crippen LogP contribution in [0.15, 0.2) is 18.5 Å². The van der Waals surface area contributed by atoms with Gasteiger partial charge in [0.15, 0.2) is 0 Å². The van der Waals surface area contributed by atoms with E-state index in [1.165, 1.54) is 6.07 Å². The largest absolute Gasteiger partial charge is 0.354 e. The number of anilines is 1. The fraction of sp³-hybridized carbons (Fsp3) is 0.500. The van der Waals surface area contributed by atoms with Crippen molar-refractivity contribution in [2.75, 3.05) is 24.9 Å². The first-order valence-electron chi connectivity index (χ1n) is 12.9. The highest BCUT2D eigenvalue weighted by Crippen LogP contribution is 2.28. The Morgan fingerprint density at radius 1 is 1.78 bits per heavy atom. The standard InChI is InChI=1S/C16H20N6O/c1-11-5-8-22(14(23)3-6-17)9-13(11)21(2)16-12-4-7-18-15(12)19-10-20-16/h4,7,10-11,13H,3,5,8-9H2,1-2H3,(H,18,19,20)/t11-,13+/m1/s1/i1D3,4D,5D2,7D,8D2,9D2,11D,13D. The zero-order chi connectivity index (χ0) is 27.9. The number of nitrogens with zero attached hydrogens (tertiary/aromatic N) is 5. The molecule has 0 aromatic carbocycles. The molecule has 1 fully saturated rings. The van der Waals surface area contributed by atoms with E-state index in [1.54, 1.807) is 0 Å². The van der Waals surface area contributed by atoms with Gasteiger partial charge in [-0.05, 0) is 18.3 Å². The number of hydrogen-bond acceptors (Lipinski definition) is 5. The van der Waals surface area contributed by atoms with Crippen molar-refractivity contribution in [3.8, 4) is 6.07 Å². The van der Waals surface area contributed by atoms with Gasteiger partial charge in [-0.1, -0.05) is 6.85 Å². The van der Waals surface area contributed by atoms with E-state index in [9.17, 15) is 4.79 Å². The van der Waals surface area contributed by atoms with E-state index >= 15 is 0 Å². The van der Waals surface area contributed by atoms with Gasteiger partial charge in [0.25, 0.3) is 0 Å². The molecule has 2 aromatic rings. The highest BCUT2D eigenvalue weighted by atomic mass is 16.2. The first kappa shape index (κ1) is 6.11. The zero-order valence-corrected chi connectivity index (χ0v) is 11.9. The van der Waals surface area contributed by atoms with Crippen molar-refractivity contribution in [1.29, 1.82) is 5.26 Å². The van der Waals surface area contributed by atoms with Gasteiger partial charge in [0.1, 0.15) is 24.2 Å². The van der Waals surface area contributed by atoms with E-state index in [0.717, 1.165) is 13.4 Å². The Morgan fingerprint density at radius 2 is 2.65 bits per heavy atom. The highest BCUT2D eigenvalue weighted by Gasteiger charge is 2.32. The lowest BCUT2D eigenvalue weighted by Crippen LogP contribution is -2.52. The molecule has 3 heterocycles. The van der Waals surface area contributed by atoms with E-state index in [1.807, 2.05) is 0 Å². The maximum atomic E-state index is 12.8. The van der Waals surface area contributed by atoms with Crippen molar-refractivity contribution in [1.82, 2.24) is 19.9 Å². The summed E-state index contributed by atoms with van der Waals surface area (Å²) in [5, 5.41) is 8.67. The van der Waals surface area contributed by atoms with Crippen molar-refractivity contribution in [2.45, 2.75) is 25.7 Å². The minimum atomic E-state index is -3.95. The molecule has 23 heavy (non-hydrogen) atoms. The third-order valence-corrected chi connectivity index (χ3v) is 3.08. The molecule has 2 aromatic heterocycles. The molecule has 1 N–H and O–H groups in total. The van der Waals surface area contributed by atoms with E-state index in [-0.39, 0.29) is 15.9 Å². The van der Waals surface area contributed by atoms with E-state index in [2.05, 4.69) is 15.0 Å². The third kappa shape index (κ3) is 2.84. The number of piperidine rings is 1. The van der Waals surface area contributed by atoms with Gasteiger partial charge in [0, 0.05) is 37.2 Å². The third-order valence-electron chi connectivity index (χ3n) is 3.08. The maximum Gasteiger partial charge on any atom is 0.236 e. The van der Waals surface area contributed by atoms with Crippen LogP contribution in [0.5, 0.6) is 0 Å². The average molecular weight is 325 g/mol. The summed E-state index contributed by atoms with van der Waals surface area (Å²) in [6.45, 7) is -11.5.